The molecule has 3 N–H and O–H groups in total. The molecule has 9 heteroatoms. The molecule has 0 saturated carbocycles. The highest BCUT2D eigenvalue weighted by molar-refractivity contribution is 7.89. The lowest BCUT2D eigenvalue weighted by Gasteiger charge is -2.15. The van der Waals surface area contributed by atoms with E-state index in [1.165, 1.54) is 38.1 Å². The molecule has 3 rings (SSSR count). The molecule has 3 aromatic rings. The summed E-state index contributed by atoms with van der Waals surface area (Å²) in [5, 5.41) is 5.30. The fourth-order valence-electron chi connectivity index (χ4n) is 3.05. The standard InChI is InChI=1S/C25H27N3O5S/c1-18(28-34(31,32)24-14-12-22(13-15-24)27-19(2)29)25(30)26-16-20-8-10-21(11-9-20)17-33-23-6-4-3-5-7-23/h3-15,18,28H,16-17H2,1-2H3,(H,26,30)(H,27,29)/t18-/m0/s1. The number of para-hydroxylation sites is 1. The largest absolute Gasteiger partial charge is 0.489 e. The van der Waals surface area contributed by atoms with Crippen molar-refractivity contribution < 1.29 is 22.7 Å². The van der Waals surface area contributed by atoms with Crippen LogP contribution in [0.2, 0.25) is 0 Å². The number of ether oxygens (including phenoxy) is 1. The van der Waals surface area contributed by atoms with E-state index in [0.717, 1.165) is 16.9 Å². The Hall–Kier alpha value is -3.69. The van der Waals surface area contributed by atoms with Crippen molar-refractivity contribution in [3.8, 4) is 5.75 Å². The highest BCUT2D eigenvalue weighted by Gasteiger charge is 2.22. The Kier molecular flexibility index (Phi) is 8.39. The maximum absolute atomic E-state index is 12.6. The van der Waals surface area contributed by atoms with Crippen LogP contribution in [-0.4, -0.2) is 26.3 Å². The average molecular weight is 482 g/mol. The average Bonchev–Trinajstić information content (AvgIpc) is 2.82. The van der Waals surface area contributed by atoms with Gasteiger partial charge < -0.3 is 15.4 Å². The highest BCUT2D eigenvalue weighted by atomic mass is 32.2. The van der Waals surface area contributed by atoms with Gasteiger partial charge in [-0.3, -0.25) is 9.59 Å². The number of sulfonamides is 1. The summed E-state index contributed by atoms with van der Waals surface area (Å²) >= 11 is 0. The van der Waals surface area contributed by atoms with Crippen LogP contribution in [0.3, 0.4) is 0 Å². The number of hydrogen-bond acceptors (Lipinski definition) is 5. The molecule has 1 atom stereocenters. The Labute approximate surface area is 199 Å². The predicted molar refractivity (Wildman–Crippen MR) is 130 cm³/mol. The van der Waals surface area contributed by atoms with Crippen LogP contribution in [0.25, 0.3) is 0 Å². The number of amides is 2. The minimum Gasteiger partial charge on any atom is -0.489 e. The van der Waals surface area contributed by atoms with Crippen molar-refractivity contribution in [3.05, 3.63) is 90.0 Å². The van der Waals surface area contributed by atoms with Gasteiger partial charge in [0.25, 0.3) is 0 Å². The van der Waals surface area contributed by atoms with Gasteiger partial charge in [0.1, 0.15) is 12.4 Å². The molecule has 2 amide bonds. The molecule has 0 bridgehead atoms. The van der Waals surface area contributed by atoms with Gasteiger partial charge in [-0.1, -0.05) is 42.5 Å². The van der Waals surface area contributed by atoms with Crippen LogP contribution in [-0.2, 0) is 32.8 Å². The van der Waals surface area contributed by atoms with Gasteiger partial charge in [-0.15, -0.1) is 0 Å². The summed E-state index contributed by atoms with van der Waals surface area (Å²) in [5.41, 5.74) is 2.35. The minimum atomic E-state index is -3.91. The molecule has 34 heavy (non-hydrogen) atoms. The van der Waals surface area contributed by atoms with Crippen LogP contribution >= 0.6 is 0 Å². The van der Waals surface area contributed by atoms with E-state index in [2.05, 4.69) is 15.4 Å². The molecule has 178 valence electrons. The van der Waals surface area contributed by atoms with E-state index in [-0.39, 0.29) is 17.3 Å². The van der Waals surface area contributed by atoms with E-state index >= 15 is 0 Å². The molecule has 0 aromatic heterocycles. The SMILES string of the molecule is CC(=O)Nc1ccc(S(=O)(=O)N[C@@H](C)C(=O)NCc2ccc(COc3ccccc3)cc2)cc1. The third-order valence-corrected chi connectivity index (χ3v) is 6.41. The lowest BCUT2D eigenvalue weighted by Crippen LogP contribution is -2.44. The smallest absolute Gasteiger partial charge is 0.241 e. The Morgan fingerprint density at radius 2 is 1.50 bits per heavy atom. The second kappa shape index (κ2) is 11.4. The van der Waals surface area contributed by atoms with E-state index in [4.69, 9.17) is 4.74 Å². The molecule has 3 aromatic carbocycles. The van der Waals surface area contributed by atoms with Gasteiger partial charge in [0.2, 0.25) is 21.8 Å². The predicted octanol–water partition coefficient (Wildman–Crippen LogP) is 3.21. The Balaban J connectivity index is 1.48. The van der Waals surface area contributed by atoms with E-state index in [1.807, 2.05) is 54.6 Å². The normalized spacial score (nSPS) is 11.9. The van der Waals surface area contributed by atoms with Gasteiger partial charge in [0, 0.05) is 19.2 Å². The van der Waals surface area contributed by atoms with Gasteiger partial charge in [-0.05, 0) is 54.4 Å². The monoisotopic (exact) mass is 481 g/mol. The van der Waals surface area contributed by atoms with E-state index in [1.54, 1.807) is 0 Å². The van der Waals surface area contributed by atoms with Crippen LogP contribution < -0.4 is 20.1 Å². The van der Waals surface area contributed by atoms with Crippen molar-refractivity contribution >= 4 is 27.5 Å². The second-order valence-electron chi connectivity index (χ2n) is 7.68. The van der Waals surface area contributed by atoms with Crippen molar-refractivity contribution in [1.82, 2.24) is 10.0 Å². The van der Waals surface area contributed by atoms with Crippen molar-refractivity contribution in [2.24, 2.45) is 0 Å². The number of hydrogen-bond donors (Lipinski definition) is 3. The zero-order chi connectivity index (χ0) is 24.6. The summed E-state index contributed by atoms with van der Waals surface area (Å²) in [6, 6.07) is 21.8. The molecule has 0 radical (unpaired) electrons. The molecular formula is C25H27N3O5S. The van der Waals surface area contributed by atoms with Gasteiger partial charge in [-0.2, -0.15) is 4.72 Å². The molecule has 0 aliphatic carbocycles. The summed E-state index contributed by atoms with van der Waals surface area (Å²) in [4.78, 5) is 23.5. The van der Waals surface area contributed by atoms with Gasteiger partial charge in [0.15, 0.2) is 0 Å². The van der Waals surface area contributed by atoms with Gasteiger partial charge in [0.05, 0.1) is 10.9 Å². The fourth-order valence-corrected chi connectivity index (χ4v) is 4.26. The summed E-state index contributed by atoms with van der Waals surface area (Å²) in [6.07, 6.45) is 0. The summed E-state index contributed by atoms with van der Waals surface area (Å²) in [6.45, 7) is 3.53. The quantitative estimate of drug-likeness (QED) is 0.412. The van der Waals surface area contributed by atoms with Crippen LogP contribution in [0, 0.1) is 0 Å². The number of nitrogens with one attached hydrogen (secondary N) is 3. The zero-order valence-electron chi connectivity index (χ0n) is 18.9. The summed E-state index contributed by atoms with van der Waals surface area (Å²) < 4.78 is 33.2. The third kappa shape index (κ3) is 7.43. The maximum atomic E-state index is 12.6. The highest BCUT2D eigenvalue weighted by Crippen LogP contribution is 2.15. The Morgan fingerprint density at radius 3 is 2.12 bits per heavy atom. The van der Waals surface area contributed by atoms with Crippen LogP contribution in [0.5, 0.6) is 5.75 Å². The maximum Gasteiger partial charge on any atom is 0.241 e. The zero-order valence-corrected chi connectivity index (χ0v) is 19.8. The molecule has 0 aliphatic heterocycles. The topological polar surface area (TPSA) is 114 Å². The lowest BCUT2D eigenvalue weighted by molar-refractivity contribution is -0.122. The van der Waals surface area contributed by atoms with E-state index < -0.39 is 22.0 Å². The number of rotatable bonds is 10. The molecule has 0 spiro atoms. The second-order valence-corrected chi connectivity index (χ2v) is 9.40. The fraction of sp³-hybridized carbons (Fsp3) is 0.200. The van der Waals surface area contributed by atoms with Crippen molar-refractivity contribution in [2.75, 3.05) is 5.32 Å². The number of carbonyl (C=O) groups is 2. The van der Waals surface area contributed by atoms with Crippen LogP contribution in [0.1, 0.15) is 25.0 Å². The Morgan fingerprint density at radius 1 is 0.882 bits per heavy atom. The molecule has 0 saturated heterocycles. The minimum absolute atomic E-state index is 0.00503. The first kappa shape index (κ1) is 24.9. The summed E-state index contributed by atoms with van der Waals surface area (Å²) in [7, 11) is -3.91. The Bertz CT molecular complexity index is 1210. The van der Waals surface area contributed by atoms with Gasteiger partial charge >= 0.3 is 0 Å². The van der Waals surface area contributed by atoms with Gasteiger partial charge in [-0.25, -0.2) is 8.42 Å². The number of anilines is 1. The van der Waals surface area contributed by atoms with Crippen molar-refractivity contribution in [3.63, 3.8) is 0 Å². The first-order chi connectivity index (χ1) is 16.2. The molecule has 0 aliphatic rings. The summed E-state index contributed by atoms with van der Waals surface area (Å²) in [5.74, 6) is 0.0862. The van der Waals surface area contributed by atoms with Crippen molar-refractivity contribution in [1.29, 1.82) is 0 Å². The first-order valence-electron chi connectivity index (χ1n) is 10.7. The first-order valence-corrected chi connectivity index (χ1v) is 12.1. The molecule has 0 heterocycles. The molecular weight excluding hydrogens is 454 g/mol. The molecule has 8 nitrogen and oxygen atoms in total. The molecule has 0 fully saturated rings. The number of carbonyl (C=O) groups excluding carboxylic acids is 2. The van der Waals surface area contributed by atoms with E-state index in [9.17, 15) is 18.0 Å². The van der Waals surface area contributed by atoms with Crippen LogP contribution in [0.15, 0.2) is 83.8 Å². The van der Waals surface area contributed by atoms with E-state index in [0.29, 0.717) is 12.3 Å². The molecule has 0 unspecified atom stereocenters. The lowest BCUT2D eigenvalue weighted by atomic mass is 10.1. The van der Waals surface area contributed by atoms with Crippen molar-refractivity contribution in [2.45, 2.75) is 37.9 Å². The third-order valence-electron chi connectivity index (χ3n) is 4.85. The number of benzene rings is 3. The van der Waals surface area contributed by atoms with Crippen LogP contribution in [0.4, 0.5) is 5.69 Å².